The molecular formula is C25H19F3N4O3. The lowest BCUT2D eigenvalue weighted by Crippen LogP contribution is -2.45. The number of rotatable bonds is 5. The Morgan fingerprint density at radius 2 is 1.80 bits per heavy atom. The van der Waals surface area contributed by atoms with Crippen molar-refractivity contribution in [1.82, 2.24) is 20.3 Å². The Bertz CT molecular complexity index is 1380. The molecule has 1 aliphatic heterocycles. The lowest BCUT2D eigenvalue weighted by Gasteiger charge is -2.38. The van der Waals surface area contributed by atoms with E-state index >= 15 is 0 Å². The predicted octanol–water partition coefficient (Wildman–Crippen LogP) is 4.42. The zero-order valence-corrected chi connectivity index (χ0v) is 18.2. The highest BCUT2D eigenvalue weighted by atomic mass is 19.4. The highest BCUT2D eigenvalue weighted by Crippen LogP contribution is 2.42. The molecule has 0 bridgehead atoms. The van der Waals surface area contributed by atoms with Gasteiger partial charge in [0.2, 0.25) is 0 Å². The molecule has 1 aliphatic rings. The molecule has 0 saturated heterocycles. The molecule has 7 nitrogen and oxygen atoms in total. The minimum Gasteiger partial charge on any atom is -0.492 e. The molecule has 5 rings (SSSR count). The molecule has 35 heavy (non-hydrogen) atoms. The van der Waals surface area contributed by atoms with Crippen LogP contribution in [0.15, 0.2) is 73.1 Å². The quantitative estimate of drug-likeness (QED) is 0.455. The molecule has 0 unspecified atom stereocenters. The average molecular weight is 480 g/mol. The fourth-order valence-corrected chi connectivity index (χ4v) is 4.24. The van der Waals surface area contributed by atoms with Gasteiger partial charge < -0.3 is 14.8 Å². The summed E-state index contributed by atoms with van der Waals surface area (Å²) in [7, 11) is 0. The second kappa shape index (κ2) is 8.86. The summed E-state index contributed by atoms with van der Waals surface area (Å²) in [6.45, 7) is 0.457. The molecule has 0 radical (unpaired) electrons. The highest BCUT2D eigenvalue weighted by molar-refractivity contribution is 5.93. The van der Waals surface area contributed by atoms with Gasteiger partial charge in [0.1, 0.15) is 17.2 Å². The highest BCUT2D eigenvalue weighted by Gasteiger charge is 2.41. The monoisotopic (exact) mass is 480 g/mol. The molecule has 178 valence electrons. The zero-order chi connectivity index (χ0) is 24.5. The molecular weight excluding hydrogens is 461 g/mol. The predicted molar refractivity (Wildman–Crippen MR) is 120 cm³/mol. The summed E-state index contributed by atoms with van der Waals surface area (Å²) >= 11 is 0. The van der Waals surface area contributed by atoms with Crippen LogP contribution in [0.5, 0.6) is 11.5 Å². The van der Waals surface area contributed by atoms with Gasteiger partial charge in [-0.3, -0.25) is 14.8 Å². The fraction of sp³-hybridized carbons (Fsp3) is 0.200. The van der Waals surface area contributed by atoms with Crippen molar-refractivity contribution in [3.63, 3.8) is 0 Å². The summed E-state index contributed by atoms with van der Waals surface area (Å²) in [5.41, 5.74) is 1.82. The van der Waals surface area contributed by atoms with Crippen LogP contribution < -0.4 is 14.8 Å². The smallest absolute Gasteiger partial charge is 0.492 e. The molecule has 0 spiro atoms. The third kappa shape index (κ3) is 4.59. The van der Waals surface area contributed by atoms with Gasteiger partial charge in [-0.15, -0.1) is 13.2 Å². The first kappa shape index (κ1) is 22.6. The van der Waals surface area contributed by atoms with Crippen LogP contribution in [-0.2, 0) is 5.41 Å². The first-order valence-corrected chi connectivity index (χ1v) is 10.8. The van der Waals surface area contributed by atoms with Crippen LogP contribution in [0.4, 0.5) is 13.2 Å². The van der Waals surface area contributed by atoms with E-state index in [-0.39, 0.29) is 18.0 Å². The fourth-order valence-electron chi connectivity index (χ4n) is 4.24. The second-order valence-corrected chi connectivity index (χ2v) is 8.03. The molecule has 3 heterocycles. The largest absolute Gasteiger partial charge is 0.573 e. The number of alkyl halides is 3. The lowest BCUT2D eigenvalue weighted by atomic mass is 9.73. The number of benzene rings is 2. The molecule has 2 aromatic carbocycles. The Labute approximate surface area is 198 Å². The number of ether oxygens (including phenoxy) is 2. The normalized spacial score (nSPS) is 17.3. The van der Waals surface area contributed by atoms with E-state index in [1.54, 1.807) is 42.6 Å². The van der Waals surface area contributed by atoms with Crippen LogP contribution >= 0.6 is 0 Å². The van der Waals surface area contributed by atoms with E-state index < -0.39 is 17.7 Å². The van der Waals surface area contributed by atoms with Gasteiger partial charge in [-0.05, 0) is 48.4 Å². The minimum absolute atomic E-state index is 0.118. The topological polar surface area (TPSA) is 86.2 Å². The number of pyridine rings is 1. The van der Waals surface area contributed by atoms with E-state index in [0.717, 1.165) is 0 Å². The third-order valence-electron chi connectivity index (χ3n) is 5.88. The van der Waals surface area contributed by atoms with Crippen molar-refractivity contribution in [3.05, 3.63) is 90.0 Å². The molecule has 1 N–H and O–H groups in total. The third-order valence-corrected chi connectivity index (χ3v) is 5.88. The van der Waals surface area contributed by atoms with Crippen LogP contribution in [0.3, 0.4) is 0 Å². The molecule has 0 saturated carbocycles. The van der Waals surface area contributed by atoms with Crippen molar-refractivity contribution in [2.24, 2.45) is 0 Å². The number of nitrogens with zero attached hydrogens (tertiary/aromatic N) is 3. The molecule has 4 aromatic rings. The van der Waals surface area contributed by atoms with Crippen molar-refractivity contribution in [1.29, 1.82) is 0 Å². The standard InChI is InChI=1S/C25H19F3N4O3/c26-25(27,28)35-17-9-7-16(8-10-17)24(11-13-34-21-6-3-12-29-22(21)24)15-31-23(33)20-14-30-18-4-1-2-5-19(18)32-20/h1-10,12,14H,11,13,15H2,(H,31,33)/t24-/m0/s1. The molecule has 1 amide bonds. The van der Waals surface area contributed by atoms with Crippen LogP contribution in [0.25, 0.3) is 11.0 Å². The summed E-state index contributed by atoms with van der Waals surface area (Å²) in [6.07, 6.45) is -1.33. The van der Waals surface area contributed by atoms with E-state index in [2.05, 4.69) is 25.0 Å². The molecule has 2 aromatic heterocycles. The number of halogens is 3. The van der Waals surface area contributed by atoms with Gasteiger partial charge in [-0.2, -0.15) is 0 Å². The Kier molecular flexibility index (Phi) is 5.72. The van der Waals surface area contributed by atoms with E-state index in [9.17, 15) is 18.0 Å². The van der Waals surface area contributed by atoms with Gasteiger partial charge in [-0.1, -0.05) is 24.3 Å². The van der Waals surface area contributed by atoms with E-state index in [0.29, 0.717) is 41.1 Å². The Morgan fingerprint density at radius 1 is 1.03 bits per heavy atom. The molecule has 0 fully saturated rings. The Balaban J connectivity index is 1.47. The van der Waals surface area contributed by atoms with E-state index in [4.69, 9.17) is 4.74 Å². The number of aromatic nitrogens is 3. The number of amides is 1. The maximum Gasteiger partial charge on any atom is 0.573 e. The van der Waals surface area contributed by atoms with Crippen LogP contribution in [-0.4, -0.2) is 40.4 Å². The van der Waals surface area contributed by atoms with Crippen molar-refractivity contribution >= 4 is 16.9 Å². The van der Waals surface area contributed by atoms with Crippen LogP contribution in [0, 0.1) is 0 Å². The van der Waals surface area contributed by atoms with E-state index in [1.165, 1.54) is 18.3 Å². The number of hydrogen-bond acceptors (Lipinski definition) is 6. The number of carbonyl (C=O) groups is 1. The van der Waals surface area contributed by atoms with Crippen LogP contribution in [0.2, 0.25) is 0 Å². The van der Waals surface area contributed by atoms with Crippen LogP contribution in [0.1, 0.15) is 28.2 Å². The number of carbonyl (C=O) groups excluding carboxylic acids is 1. The van der Waals surface area contributed by atoms with Gasteiger partial charge in [0.05, 0.1) is 34.9 Å². The van der Waals surface area contributed by atoms with E-state index in [1.807, 2.05) is 12.1 Å². The van der Waals surface area contributed by atoms with Crippen molar-refractivity contribution in [3.8, 4) is 11.5 Å². The first-order valence-electron chi connectivity index (χ1n) is 10.8. The summed E-state index contributed by atoms with van der Waals surface area (Å²) in [4.78, 5) is 26.2. The summed E-state index contributed by atoms with van der Waals surface area (Å²) < 4.78 is 47.7. The molecule has 0 aliphatic carbocycles. The van der Waals surface area contributed by atoms with Gasteiger partial charge in [0, 0.05) is 12.7 Å². The summed E-state index contributed by atoms with van der Waals surface area (Å²) in [5.74, 6) is -0.210. The molecule has 10 heteroatoms. The van der Waals surface area contributed by atoms with Gasteiger partial charge in [-0.25, -0.2) is 4.98 Å². The first-order chi connectivity index (χ1) is 16.8. The Hall–Kier alpha value is -4.21. The number of hydrogen-bond donors (Lipinski definition) is 1. The van der Waals surface area contributed by atoms with Crippen molar-refractivity contribution < 1.29 is 27.4 Å². The van der Waals surface area contributed by atoms with Gasteiger partial charge in [0.15, 0.2) is 0 Å². The Morgan fingerprint density at radius 3 is 2.57 bits per heavy atom. The maximum absolute atomic E-state index is 13.0. The lowest BCUT2D eigenvalue weighted by molar-refractivity contribution is -0.274. The summed E-state index contributed by atoms with van der Waals surface area (Å²) in [5, 5.41) is 2.92. The second-order valence-electron chi connectivity index (χ2n) is 8.03. The number of fused-ring (bicyclic) bond motifs is 2. The average Bonchev–Trinajstić information content (AvgIpc) is 2.86. The van der Waals surface area contributed by atoms with Gasteiger partial charge in [0.25, 0.3) is 5.91 Å². The minimum atomic E-state index is -4.79. The molecule has 1 atom stereocenters. The number of para-hydroxylation sites is 2. The van der Waals surface area contributed by atoms with Gasteiger partial charge >= 0.3 is 6.36 Å². The number of nitrogens with one attached hydrogen (secondary N) is 1. The maximum atomic E-state index is 13.0. The van der Waals surface area contributed by atoms with Crippen molar-refractivity contribution in [2.75, 3.05) is 13.2 Å². The van der Waals surface area contributed by atoms with Crippen molar-refractivity contribution in [2.45, 2.75) is 18.2 Å². The summed E-state index contributed by atoms with van der Waals surface area (Å²) in [6, 6.07) is 16.3. The SMILES string of the molecule is O=C(NC[C@]1(c2ccc(OC(F)(F)F)cc2)CCOc2cccnc21)c1cnc2ccccc2n1. The zero-order valence-electron chi connectivity index (χ0n) is 18.2.